The maximum absolute atomic E-state index is 12.0. The minimum absolute atomic E-state index is 0.0402. The number of hydrogen-bond donors (Lipinski definition) is 0. The summed E-state index contributed by atoms with van der Waals surface area (Å²) in [7, 11) is 0. The molecule has 1 atom stereocenters. The van der Waals surface area contributed by atoms with Crippen molar-refractivity contribution >= 4 is 11.6 Å². The van der Waals surface area contributed by atoms with E-state index in [9.17, 15) is 4.79 Å². The Morgan fingerprint density at radius 1 is 1.18 bits per heavy atom. The van der Waals surface area contributed by atoms with Crippen LogP contribution in [-0.2, 0) is 4.79 Å². The van der Waals surface area contributed by atoms with E-state index in [0.717, 1.165) is 46.3 Å². The number of hydrogen-bond acceptors (Lipinski definition) is 7. The number of hydrazone groups is 1. The van der Waals surface area contributed by atoms with E-state index in [2.05, 4.69) is 11.1 Å². The molecule has 0 aromatic heterocycles. The molecule has 0 N–H and O–H groups in total. The fourth-order valence-corrected chi connectivity index (χ4v) is 5.29. The van der Waals surface area contributed by atoms with Crippen molar-refractivity contribution in [3.8, 4) is 23.0 Å². The highest BCUT2D eigenvalue weighted by molar-refractivity contribution is 6.02. The number of nitrogens with zero attached hydrogens (tertiary/aromatic N) is 3. The number of likely N-dealkylation sites (tertiary alicyclic amines) is 1. The summed E-state index contributed by atoms with van der Waals surface area (Å²) in [5.74, 6) is 3.18. The van der Waals surface area contributed by atoms with Gasteiger partial charge in [0.25, 0.3) is 0 Å². The van der Waals surface area contributed by atoms with Crippen molar-refractivity contribution in [1.82, 2.24) is 9.91 Å². The van der Waals surface area contributed by atoms with Crippen LogP contribution in [0, 0.1) is 0 Å². The Labute approximate surface area is 192 Å². The van der Waals surface area contributed by atoms with Gasteiger partial charge in [-0.2, -0.15) is 5.10 Å². The fraction of sp³-hybridized carbons (Fsp3) is 0.440. The molecule has 4 heterocycles. The standard InChI is InChI=1S/C25H27N3O5/c1-3-30-22-6-4-5-18-20-14-19(17-7-8-21-23(13-17)32-15-31-21)26-28(20)25(33-24(18)22)9-11-27(12-10-25)16(2)29/h4-8,13,20H,3,9-12,14-15H2,1-2H3/t20-/m0/s1. The SMILES string of the molecule is CCOc1cccc2c1OC1(CCN(C(C)=O)CC1)N1N=C(c3ccc4c(c3)OCO4)C[C@@H]21. The van der Waals surface area contributed by atoms with Crippen molar-refractivity contribution in [1.29, 1.82) is 0 Å². The molecule has 8 nitrogen and oxygen atoms in total. The molecule has 4 aliphatic heterocycles. The number of ether oxygens (including phenoxy) is 4. The molecule has 2 aromatic rings. The van der Waals surface area contributed by atoms with Crippen LogP contribution in [-0.4, -0.2) is 53.7 Å². The lowest BCUT2D eigenvalue weighted by Crippen LogP contribution is -2.59. The first-order chi connectivity index (χ1) is 16.1. The summed E-state index contributed by atoms with van der Waals surface area (Å²) in [6, 6.07) is 12.1. The average Bonchev–Trinajstić information content (AvgIpc) is 3.48. The molecule has 172 valence electrons. The fourth-order valence-electron chi connectivity index (χ4n) is 5.29. The molecule has 0 saturated carbocycles. The molecule has 0 aliphatic carbocycles. The number of fused-ring (bicyclic) bond motifs is 5. The molecular formula is C25H27N3O5. The summed E-state index contributed by atoms with van der Waals surface area (Å²) in [6.45, 7) is 5.69. The highest BCUT2D eigenvalue weighted by Crippen LogP contribution is 2.53. The van der Waals surface area contributed by atoms with E-state index >= 15 is 0 Å². The quantitative estimate of drug-likeness (QED) is 0.712. The van der Waals surface area contributed by atoms with Crippen LogP contribution in [0.1, 0.15) is 50.3 Å². The smallest absolute Gasteiger partial charge is 0.231 e. The van der Waals surface area contributed by atoms with Gasteiger partial charge < -0.3 is 23.8 Å². The van der Waals surface area contributed by atoms with Gasteiger partial charge >= 0.3 is 0 Å². The Balaban J connectivity index is 1.41. The van der Waals surface area contributed by atoms with Gasteiger partial charge in [0.1, 0.15) is 0 Å². The van der Waals surface area contributed by atoms with E-state index in [1.807, 2.05) is 42.2 Å². The van der Waals surface area contributed by atoms with E-state index in [4.69, 9.17) is 24.0 Å². The van der Waals surface area contributed by atoms with E-state index in [0.29, 0.717) is 32.5 Å². The topological polar surface area (TPSA) is 72.8 Å². The average molecular weight is 450 g/mol. The van der Waals surface area contributed by atoms with Crippen molar-refractivity contribution in [3.05, 3.63) is 47.5 Å². The van der Waals surface area contributed by atoms with Crippen LogP contribution in [0.4, 0.5) is 0 Å². The zero-order chi connectivity index (χ0) is 22.6. The van der Waals surface area contributed by atoms with Crippen LogP contribution >= 0.6 is 0 Å². The van der Waals surface area contributed by atoms with Gasteiger partial charge in [0.15, 0.2) is 23.0 Å². The third kappa shape index (κ3) is 3.19. The maximum atomic E-state index is 12.0. The van der Waals surface area contributed by atoms with Crippen molar-refractivity contribution in [2.24, 2.45) is 5.10 Å². The highest BCUT2D eigenvalue weighted by atomic mass is 16.7. The maximum Gasteiger partial charge on any atom is 0.231 e. The van der Waals surface area contributed by atoms with Crippen molar-refractivity contribution < 1.29 is 23.7 Å². The molecule has 0 radical (unpaired) electrons. The van der Waals surface area contributed by atoms with E-state index in [1.165, 1.54) is 0 Å². The van der Waals surface area contributed by atoms with E-state index < -0.39 is 5.72 Å². The zero-order valence-corrected chi connectivity index (χ0v) is 18.9. The molecule has 33 heavy (non-hydrogen) atoms. The number of para-hydroxylation sites is 1. The second-order valence-electron chi connectivity index (χ2n) is 8.84. The summed E-state index contributed by atoms with van der Waals surface area (Å²) >= 11 is 0. The van der Waals surface area contributed by atoms with Crippen LogP contribution in [0.3, 0.4) is 0 Å². The van der Waals surface area contributed by atoms with Crippen molar-refractivity contribution in [2.45, 2.75) is 44.9 Å². The normalized spacial score (nSPS) is 21.9. The van der Waals surface area contributed by atoms with Crippen molar-refractivity contribution in [3.63, 3.8) is 0 Å². The molecule has 1 saturated heterocycles. The van der Waals surface area contributed by atoms with Crippen LogP contribution in [0.2, 0.25) is 0 Å². The number of carbonyl (C=O) groups is 1. The number of benzene rings is 2. The lowest BCUT2D eigenvalue weighted by Gasteiger charge is -2.51. The number of amides is 1. The molecule has 0 unspecified atom stereocenters. The first-order valence-corrected chi connectivity index (χ1v) is 11.5. The first-order valence-electron chi connectivity index (χ1n) is 11.5. The van der Waals surface area contributed by atoms with Crippen LogP contribution in [0.5, 0.6) is 23.0 Å². The molecule has 0 bridgehead atoms. The molecule has 8 heteroatoms. The largest absolute Gasteiger partial charge is 0.490 e. The third-order valence-corrected chi connectivity index (χ3v) is 6.98. The Morgan fingerprint density at radius 2 is 2.00 bits per heavy atom. The zero-order valence-electron chi connectivity index (χ0n) is 18.9. The predicted octanol–water partition coefficient (Wildman–Crippen LogP) is 3.70. The Morgan fingerprint density at radius 3 is 2.79 bits per heavy atom. The van der Waals surface area contributed by atoms with Crippen LogP contribution in [0.25, 0.3) is 0 Å². The molecule has 4 aliphatic rings. The Kier molecular flexibility index (Phi) is 4.64. The summed E-state index contributed by atoms with van der Waals surface area (Å²) in [6.07, 6.45) is 2.12. The monoisotopic (exact) mass is 449 g/mol. The summed E-state index contributed by atoms with van der Waals surface area (Å²) in [5, 5.41) is 7.25. The minimum atomic E-state index is -0.616. The predicted molar refractivity (Wildman–Crippen MR) is 121 cm³/mol. The van der Waals surface area contributed by atoms with Crippen LogP contribution < -0.4 is 18.9 Å². The molecule has 1 fully saturated rings. The van der Waals surface area contributed by atoms with Gasteiger partial charge in [-0.05, 0) is 31.2 Å². The lowest BCUT2D eigenvalue weighted by molar-refractivity contribution is -0.159. The second-order valence-corrected chi connectivity index (χ2v) is 8.84. The van der Waals surface area contributed by atoms with E-state index in [1.54, 1.807) is 6.92 Å². The lowest BCUT2D eigenvalue weighted by atomic mass is 9.90. The van der Waals surface area contributed by atoms with Gasteiger partial charge in [0.2, 0.25) is 18.4 Å². The molecule has 6 rings (SSSR count). The number of piperidine rings is 1. The van der Waals surface area contributed by atoms with Gasteiger partial charge in [-0.3, -0.25) is 4.79 Å². The Hall–Kier alpha value is -3.42. The second kappa shape index (κ2) is 7.57. The summed E-state index contributed by atoms with van der Waals surface area (Å²) < 4.78 is 23.8. The van der Waals surface area contributed by atoms with Crippen molar-refractivity contribution in [2.75, 3.05) is 26.5 Å². The summed E-state index contributed by atoms with van der Waals surface area (Å²) in [4.78, 5) is 13.8. The number of carbonyl (C=O) groups excluding carboxylic acids is 1. The highest BCUT2D eigenvalue weighted by Gasteiger charge is 2.52. The van der Waals surface area contributed by atoms with Gasteiger partial charge in [-0.1, -0.05) is 12.1 Å². The van der Waals surface area contributed by atoms with Gasteiger partial charge in [0.05, 0.1) is 18.4 Å². The van der Waals surface area contributed by atoms with Crippen LogP contribution in [0.15, 0.2) is 41.5 Å². The molecular weight excluding hydrogens is 422 g/mol. The van der Waals surface area contributed by atoms with Gasteiger partial charge in [-0.25, -0.2) is 5.01 Å². The van der Waals surface area contributed by atoms with Gasteiger partial charge in [0, 0.05) is 50.4 Å². The molecule has 2 aromatic carbocycles. The summed E-state index contributed by atoms with van der Waals surface area (Å²) in [5.41, 5.74) is 2.48. The van der Waals surface area contributed by atoms with Gasteiger partial charge in [-0.15, -0.1) is 0 Å². The first kappa shape index (κ1) is 20.2. The third-order valence-electron chi connectivity index (χ3n) is 6.98. The Bertz CT molecular complexity index is 1140. The number of rotatable bonds is 3. The molecule has 1 amide bonds. The molecule has 1 spiro atoms. The van der Waals surface area contributed by atoms with E-state index in [-0.39, 0.29) is 18.7 Å². The minimum Gasteiger partial charge on any atom is -0.490 e.